The maximum Gasteiger partial charge on any atom is 0.0613 e. The molecule has 2 aliphatic rings. The van der Waals surface area contributed by atoms with Crippen LogP contribution in [0.3, 0.4) is 0 Å². The predicted molar refractivity (Wildman–Crippen MR) is 77.3 cm³/mol. The van der Waals surface area contributed by atoms with Gasteiger partial charge in [0.15, 0.2) is 0 Å². The molecule has 19 heavy (non-hydrogen) atoms. The standard InChI is InChI=1S/C15H30N2O2/c1-3-16-15(12-18)7-4-5-14(9-15)17-8-6-13(10-17)11-19-2/h13-14,16,18H,3-12H2,1-2H3. The summed E-state index contributed by atoms with van der Waals surface area (Å²) in [4.78, 5) is 2.63. The van der Waals surface area contributed by atoms with Gasteiger partial charge in [-0.15, -0.1) is 0 Å². The number of nitrogens with one attached hydrogen (secondary N) is 1. The van der Waals surface area contributed by atoms with Crippen LogP contribution in [0.15, 0.2) is 0 Å². The lowest BCUT2D eigenvalue weighted by atomic mass is 9.79. The average molecular weight is 270 g/mol. The number of methoxy groups -OCH3 is 1. The minimum atomic E-state index is -0.0307. The average Bonchev–Trinajstić information content (AvgIpc) is 2.88. The minimum absolute atomic E-state index is 0.0307. The molecule has 0 aromatic carbocycles. The molecule has 4 nitrogen and oxygen atoms in total. The molecule has 0 aromatic rings. The topological polar surface area (TPSA) is 44.7 Å². The number of rotatable bonds is 6. The second-order valence-corrected chi connectivity index (χ2v) is 6.32. The molecule has 1 heterocycles. The van der Waals surface area contributed by atoms with Crippen molar-refractivity contribution >= 4 is 0 Å². The highest BCUT2D eigenvalue weighted by atomic mass is 16.5. The molecule has 4 heteroatoms. The minimum Gasteiger partial charge on any atom is -0.394 e. The number of ether oxygens (including phenoxy) is 1. The van der Waals surface area contributed by atoms with Crippen LogP contribution in [-0.2, 0) is 4.74 Å². The third-order valence-corrected chi connectivity index (χ3v) is 4.91. The molecule has 2 rings (SSSR count). The van der Waals surface area contributed by atoms with Crippen LogP contribution in [-0.4, -0.2) is 61.5 Å². The Bertz CT molecular complexity index is 271. The fraction of sp³-hybridized carbons (Fsp3) is 1.00. The molecule has 3 unspecified atom stereocenters. The van der Waals surface area contributed by atoms with Crippen molar-refractivity contribution in [1.82, 2.24) is 10.2 Å². The summed E-state index contributed by atoms with van der Waals surface area (Å²) in [5, 5.41) is 13.3. The van der Waals surface area contributed by atoms with Gasteiger partial charge in [0, 0.05) is 25.2 Å². The zero-order valence-corrected chi connectivity index (χ0v) is 12.5. The molecular weight excluding hydrogens is 240 g/mol. The number of likely N-dealkylation sites (tertiary alicyclic amines) is 1. The van der Waals surface area contributed by atoms with E-state index in [9.17, 15) is 5.11 Å². The molecule has 0 radical (unpaired) electrons. The summed E-state index contributed by atoms with van der Waals surface area (Å²) in [5.74, 6) is 0.703. The van der Waals surface area contributed by atoms with Gasteiger partial charge < -0.3 is 15.2 Å². The van der Waals surface area contributed by atoms with E-state index >= 15 is 0 Å². The van der Waals surface area contributed by atoms with Crippen LogP contribution in [0.5, 0.6) is 0 Å². The van der Waals surface area contributed by atoms with E-state index < -0.39 is 0 Å². The van der Waals surface area contributed by atoms with Gasteiger partial charge in [0.25, 0.3) is 0 Å². The van der Waals surface area contributed by atoms with E-state index in [2.05, 4.69) is 17.1 Å². The molecule has 3 atom stereocenters. The van der Waals surface area contributed by atoms with Gasteiger partial charge in [-0.25, -0.2) is 0 Å². The molecule has 0 spiro atoms. The first-order chi connectivity index (χ1) is 9.23. The first-order valence-corrected chi connectivity index (χ1v) is 7.82. The molecule has 2 N–H and O–H groups in total. The number of aliphatic hydroxyl groups excluding tert-OH is 1. The second kappa shape index (κ2) is 7.02. The third-order valence-electron chi connectivity index (χ3n) is 4.91. The number of aliphatic hydroxyl groups is 1. The lowest BCUT2D eigenvalue weighted by molar-refractivity contribution is 0.0658. The van der Waals surface area contributed by atoms with Gasteiger partial charge >= 0.3 is 0 Å². The number of nitrogens with zero attached hydrogens (tertiary/aromatic N) is 1. The first kappa shape index (κ1) is 15.2. The Kier molecular flexibility index (Phi) is 5.63. The van der Waals surface area contributed by atoms with Crippen molar-refractivity contribution in [3.8, 4) is 0 Å². The molecule has 112 valence electrons. The van der Waals surface area contributed by atoms with E-state index in [1.807, 2.05) is 0 Å². The summed E-state index contributed by atoms with van der Waals surface area (Å²) in [6.07, 6.45) is 5.98. The first-order valence-electron chi connectivity index (χ1n) is 7.82. The van der Waals surface area contributed by atoms with E-state index in [1.165, 1.54) is 32.4 Å². The van der Waals surface area contributed by atoms with Gasteiger partial charge in [-0.2, -0.15) is 0 Å². The number of hydrogen-bond acceptors (Lipinski definition) is 4. The fourth-order valence-electron chi connectivity index (χ4n) is 3.94. The van der Waals surface area contributed by atoms with Crippen LogP contribution in [0.2, 0.25) is 0 Å². The van der Waals surface area contributed by atoms with Gasteiger partial charge in [-0.05, 0) is 51.1 Å². The molecule has 0 aromatic heterocycles. The maximum atomic E-state index is 9.77. The van der Waals surface area contributed by atoms with E-state index in [0.29, 0.717) is 12.0 Å². The van der Waals surface area contributed by atoms with Crippen molar-refractivity contribution in [2.75, 3.05) is 40.0 Å². The zero-order chi connectivity index (χ0) is 13.7. The monoisotopic (exact) mass is 270 g/mol. The summed E-state index contributed by atoms with van der Waals surface area (Å²) in [5.41, 5.74) is -0.0307. The predicted octanol–water partition coefficient (Wildman–Crippen LogP) is 1.24. The van der Waals surface area contributed by atoms with Crippen LogP contribution >= 0.6 is 0 Å². The Morgan fingerprint density at radius 3 is 2.95 bits per heavy atom. The van der Waals surface area contributed by atoms with Crippen molar-refractivity contribution in [3.63, 3.8) is 0 Å². The van der Waals surface area contributed by atoms with Crippen molar-refractivity contribution in [3.05, 3.63) is 0 Å². The van der Waals surface area contributed by atoms with Crippen LogP contribution in [0.25, 0.3) is 0 Å². The number of hydrogen-bond donors (Lipinski definition) is 2. The maximum absolute atomic E-state index is 9.77. The van der Waals surface area contributed by atoms with Crippen LogP contribution < -0.4 is 5.32 Å². The van der Waals surface area contributed by atoms with E-state index in [1.54, 1.807) is 7.11 Å². The summed E-state index contributed by atoms with van der Waals surface area (Å²) >= 11 is 0. The Balaban J connectivity index is 1.90. The summed E-state index contributed by atoms with van der Waals surface area (Å²) in [7, 11) is 1.80. The quantitative estimate of drug-likeness (QED) is 0.762. The molecule has 1 saturated carbocycles. The van der Waals surface area contributed by atoms with Crippen LogP contribution in [0.1, 0.15) is 39.0 Å². The second-order valence-electron chi connectivity index (χ2n) is 6.32. The highest BCUT2D eigenvalue weighted by molar-refractivity contribution is 4.97. The molecule has 1 aliphatic heterocycles. The van der Waals surface area contributed by atoms with Crippen molar-refractivity contribution in [2.45, 2.75) is 50.6 Å². The summed E-state index contributed by atoms with van der Waals surface area (Å²) in [6.45, 7) is 6.61. The van der Waals surface area contributed by atoms with E-state index in [4.69, 9.17) is 4.74 Å². The van der Waals surface area contributed by atoms with Crippen LogP contribution in [0.4, 0.5) is 0 Å². The van der Waals surface area contributed by atoms with Gasteiger partial charge in [0.05, 0.1) is 13.2 Å². The Hall–Kier alpha value is -0.160. The van der Waals surface area contributed by atoms with Crippen LogP contribution in [0, 0.1) is 5.92 Å². The fourth-order valence-corrected chi connectivity index (χ4v) is 3.94. The van der Waals surface area contributed by atoms with E-state index in [-0.39, 0.29) is 12.1 Å². The lowest BCUT2D eigenvalue weighted by Crippen LogP contribution is -2.55. The van der Waals surface area contributed by atoms with Crippen molar-refractivity contribution in [2.24, 2.45) is 5.92 Å². The molecular formula is C15H30N2O2. The Morgan fingerprint density at radius 1 is 1.42 bits per heavy atom. The molecule has 0 amide bonds. The Morgan fingerprint density at radius 2 is 2.26 bits per heavy atom. The largest absolute Gasteiger partial charge is 0.394 e. The summed E-state index contributed by atoms with van der Waals surface area (Å²) < 4.78 is 5.28. The van der Waals surface area contributed by atoms with Gasteiger partial charge in [0.1, 0.15) is 0 Å². The number of likely N-dealkylation sites (N-methyl/N-ethyl adjacent to an activating group) is 1. The van der Waals surface area contributed by atoms with Crippen molar-refractivity contribution in [1.29, 1.82) is 0 Å². The SMILES string of the molecule is CCNC1(CO)CCCC(N2CCC(COC)C2)C1. The van der Waals surface area contributed by atoms with Gasteiger partial charge in [-0.1, -0.05) is 6.92 Å². The molecule has 0 bridgehead atoms. The van der Waals surface area contributed by atoms with Crippen molar-refractivity contribution < 1.29 is 9.84 Å². The Labute approximate surface area is 117 Å². The molecule has 1 saturated heterocycles. The smallest absolute Gasteiger partial charge is 0.0613 e. The van der Waals surface area contributed by atoms with E-state index in [0.717, 1.165) is 26.0 Å². The summed E-state index contributed by atoms with van der Waals surface area (Å²) in [6, 6.07) is 0.641. The zero-order valence-electron chi connectivity index (χ0n) is 12.5. The van der Waals surface area contributed by atoms with Gasteiger partial charge in [0.2, 0.25) is 0 Å². The molecule has 2 fully saturated rings. The normalized spacial score (nSPS) is 36.8. The highest BCUT2D eigenvalue weighted by Crippen LogP contribution is 2.33. The van der Waals surface area contributed by atoms with Gasteiger partial charge in [-0.3, -0.25) is 4.90 Å². The molecule has 1 aliphatic carbocycles. The highest BCUT2D eigenvalue weighted by Gasteiger charge is 2.39. The third kappa shape index (κ3) is 3.69. The lowest BCUT2D eigenvalue weighted by Gasteiger charge is -2.43.